The molecule has 21 heavy (non-hydrogen) atoms. The SMILES string of the molecule is COC(=O)C1(S(=O)(=O)N2CC(C)CC(C)C2)CCOCC1. The van der Waals surface area contributed by atoms with Gasteiger partial charge in [-0.1, -0.05) is 13.8 Å². The molecule has 0 aromatic heterocycles. The van der Waals surface area contributed by atoms with E-state index in [-0.39, 0.29) is 26.1 Å². The summed E-state index contributed by atoms with van der Waals surface area (Å²) in [6.45, 7) is 5.60. The third-order valence-corrected chi connectivity index (χ3v) is 7.07. The number of sulfonamides is 1. The molecule has 0 spiro atoms. The number of carbonyl (C=O) groups excluding carboxylic acids is 1. The van der Waals surface area contributed by atoms with Crippen LogP contribution in [-0.4, -0.2) is 56.9 Å². The van der Waals surface area contributed by atoms with Gasteiger partial charge >= 0.3 is 5.97 Å². The highest BCUT2D eigenvalue weighted by molar-refractivity contribution is 7.91. The van der Waals surface area contributed by atoms with Crippen LogP contribution in [0.3, 0.4) is 0 Å². The summed E-state index contributed by atoms with van der Waals surface area (Å²) in [6, 6.07) is 0. The molecule has 6 nitrogen and oxygen atoms in total. The van der Waals surface area contributed by atoms with Crippen molar-refractivity contribution in [3.8, 4) is 0 Å². The summed E-state index contributed by atoms with van der Waals surface area (Å²) in [6.07, 6.45) is 1.35. The fraction of sp³-hybridized carbons (Fsp3) is 0.929. The number of hydrogen-bond acceptors (Lipinski definition) is 5. The summed E-state index contributed by atoms with van der Waals surface area (Å²) in [5.74, 6) is -0.0483. The van der Waals surface area contributed by atoms with Gasteiger partial charge in [-0.05, 0) is 18.3 Å². The zero-order valence-electron chi connectivity index (χ0n) is 13.0. The Morgan fingerprint density at radius 1 is 1.19 bits per heavy atom. The summed E-state index contributed by atoms with van der Waals surface area (Å²) in [7, 11) is -2.50. The minimum absolute atomic E-state index is 0.168. The van der Waals surface area contributed by atoms with Crippen LogP contribution < -0.4 is 0 Å². The maximum atomic E-state index is 13.1. The molecule has 0 amide bonds. The number of nitrogens with zero attached hydrogens (tertiary/aromatic N) is 1. The van der Waals surface area contributed by atoms with Gasteiger partial charge in [0.15, 0.2) is 4.75 Å². The Labute approximate surface area is 126 Å². The first-order valence-electron chi connectivity index (χ1n) is 7.49. The Bertz CT molecular complexity index is 474. The first-order chi connectivity index (χ1) is 9.83. The first-order valence-corrected chi connectivity index (χ1v) is 8.93. The van der Waals surface area contributed by atoms with Crippen LogP contribution in [0.15, 0.2) is 0 Å². The van der Waals surface area contributed by atoms with E-state index in [0.29, 0.717) is 24.9 Å². The van der Waals surface area contributed by atoms with Crippen molar-refractivity contribution in [2.45, 2.75) is 37.9 Å². The normalized spacial score (nSPS) is 30.8. The number of carbonyl (C=O) groups is 1. The second kappa shape index (κ2) is 6.22. The largest absolute Gasteiger partial charge is 0.468 e. The molecule has 0 aliphatic carbocycles. The van der Waals surface area contributed by atoms with E-state index in [1.165, 1.54) is 11.4 Å². The Balaban J connectivity index is 2.35. The predicted molar refractivity (Wildman–Crippen MR) is 78.2 cm³/mol. The molecular weight excluding hydrogens is 294 g/mol. The average molecular weight is 319 g/mol. The maximum Gasteiger partial charge on any atom is 0.328 e. The summed E-state index contributed by atoms with van der Waals surface area (Å²) in [5, 5.41) is 0. The number of piperidine rings is 1. The molecule has 2 aliphatic rings. The second-order valence-electron chi connectivity index (χ2n) is 6.37. The lowest BCUT2D eigenvalue weighted by Crippen LogP contribution is -2.58. The average Bonchev–Trinajstić information content (AvgIpc) is 2.46. The molecule has 2 aliphatic heterocycles. The smallest absolute Gasteiger partial charge is 0.328 e. The molecule has 0 N–H and O–H groups in total. The van der Waals surface area contributed by atoms with Crippen molar-refractivity contribution >= 4 is 16.0 Å². The lowest BCUT2D eigenvalue weighted by Gasteiger charge is -2.41. The second-order valence-corrected chi connectivity index (χ2v) is 8.61. The van der Waals surface area contributed by atoms with E-state index in [9.17, 15) is 13.2 Å². The van der Waals surface area contributed by atoms with Crippen LogP contribution in [0, 0.1) is 11.8 Å². The van der Waals surface area contributed by atoms with Gasteiger partial charge in [-0.2, -0.15) is 0 Å². The molecule has 2 unspecified atom stereocenters. The Morgan fingerprint density at radius 2 is 1.71 bits per heavy atom. The molecule has 2 atom stereocenters. The van der Waals surface area contributed by atoms with Crippen molar-refractivity contribution in [1.82, 2.24) is 4.31 Å². The number of rotatable bonds is 3. The van der Waals surface area contributed by atoms with Crippen LogP contribution in [0.2, 0.25) is 0 Å². The van der Waals surface area contributed by atoms with Crippen molar-refractivity contribution < 1.29 is 22.7 Å². The topological polar surface area (TPSA) is 72.9 Å². The highest BCUT2D eigenvalue weighted by Gasteiger charge is 2.55. The minimum atomic E-state index is -3.75. The lowest BCUT2D eigenvalue weighted by molar-refractivity contribution is -0.146. The lowest BCUT2D eigenvalue weighted by atomic mass is 9.93. The van der Waals surface area contributed by atoms with Crippen LogP contribution in [0.1, 0.15) is 33.1 Å². The number of hydrogen-bond donors (Lipinski definition) is 0. The number of methoxy groups -OCH3 is 1. The van der Waals surface area contributed by atoms with E-state index in [0.717, 1.165) is 6.42 Å². The van der Waals surface area contributed by atoms with Gasteiger partial charge in [0.1, 0.15) is 0 Å². The molecule has 0 bridgehead atoms. The van der Waals surface area contributed by atoms with Crippen LogP contribution in [0.25, 0.3) is 0 Å². The molecule has 2 saturated heterocycles. The molecule has 2 fully saturated rings. The highest BCUT2D eigenvalue weighted by atomic mass is 32.2. The van der Waals surface area contributed by atoms with Gasteiger partial charge in [0.2, 0.25) is 10.0 Å². The van der Waals surface area contributed by atoms with E-state index in [2.05, 4.69) is 0 Å². The standard InChI is InChI=1S/C14H25NO5S/c1-11-8-12(2)10-15(9-11)21(17,18)14(13(16)19-3)4-6-20-7-5-14/h11-12H,4-10H2,1-3H3. The quantitative estimate of drug-likeness (QED) is 0.726. The summed E-state index contributed by atoms with van der Waals surface area (Å²) in [5.41, 5.74) is 0. The van der Waals surface area contributed by atoms with Crippen LogP contribution in [0.4, 0.5) is 0 Å². The van der Waals surface area contributed by atoms with Gasteiger partial charge in [0, 0.05) is 39.1 Å². The fourth-order valence-corrected chi connectivity index (χ4v) is 5.88. The molecule has 0 aromatic carbocycles. The van der Waals surface area contributed by atoms with E-state index < -0.39 is 20.7 Å². The van der Waals surface area contributed by atoms with Crippen molar-refractivity contribution in [3.05, 3.63) is 0 Å². The summed E-state index contributed by atoms with van der Waals surface area (Å²) >= 11 is 0. The zero-order chi connectivity index (χ0) is 15.7. The molecule has 0 aromatic rings. The van der Waals surface area contributed by atoms with Gasteiger partial charge in [-0.25, -0.2) is 12.7 Å². The number of esters is 1. The summed E-state index contributed by atoms with van der Waals surface area (Å²) in [4.78, 5) is 12.3. The Kier molecular flexibility index (Phi) is 4.95. The first kappa shape index (κ1) is 16.7. The number of ether oxygens (including phenoxy) is 2. The molecule has 2 rings (SSSR count). The Hall–Kier alpha value is -0.660. The third-order valence-electron chi connectivity index (χ3n) is 4.53. The van der Waals surface area contributed by atoms with Crippen molar-refractivity contribution in [2.24, 2.45) is 11.8 Å². The molecule has 122 valence electrons. The molecule has 0 radical (unpaired) electrons. The van der Waals surface area contributed by atoms with Gasteiger partial charge in [-0.15, -0.1) is 0 Å². The van der Waals surface area contributed by atoms with Gasteiger partial charge < -0.3 is 9.47 Å². The van der Waals surface area contributed by atoms with Crippen LogP contribution in [0.5, 0.6) is 0 Å². The molecule has 0 saturated carbocycles. The van der Waals surface area contributed by atoms with Gasteiger partial charge in [0.05, 0.1) is 7.11 Å². The van der Waals surface area contributed by atoms with Crippen molar-refractivity contribution in [1.29, 1.82) is 0 Å². The van der Waals surface area contributed by atoms with Crippen LogP contribution in [-0.2, 0) is 24.3 Å². The fourth-order valence-electron chi connectivity index (χ4n) is 3.50. The maximum absolute atomic E-state index is 13.1. The van der Waals surface area contributed by atoms with E-state index in [4.69, 9.17) is 9.47 Å². The molecule has 2 heterocycles. The zero-order valence-corrected chi connectivity index (χ0v) is 13.8. The van der Waals surface area contributed by atoms with Gasteiger partial charge in [0.25, 0.3) is 0 Å². The van der Waals surface area contributed by atoms with E-state index in [1.54, 1.807) is 0 Å². The monoisotopic (exact) mass is 319 g/mol. The van der Waals surface area contributed by atoms with E-state index >= 15 is 0 Å². The predicted octanol–water partition coefficient (Wildman–Crippen LogP) is 1.02. The van der Waals surface area contributed by atoms with Crippen LogP contribution >= 0.6 is 0 Å². The van der Waals surface area contributed by atoms with Crippen molar-refractivity contribution in [3.63, 3.8) is 0 Å². The third kappa shape index (κ3) is 2.96. The van der Waals surface area contributed by atoms with Crippen molar-refractivity contribution in [2.75, 3.05) is 33.4 Å². The summed E-state index contributed by atoms with van der Waals surface area (Å²) < 4.78 is 36.3. The Morgan fingerprint density at radius 3 is 2.19 bits per heavy atom. The van der Waals surface area contributed by atoms with E-state index in [1.807, 2.05) is 13.8 Å². The molecule has 7 heteroatoms. The molecular formula is C14H25NO5S. The minimum Gasteiger partial charge on any atom is -0.468 e. The highest BCUT2D eigenvalue weighted by Crippen LogP contribution is 2.36. The van der Waals surface area contributed by atoms with Gasteiger partial charge in [-0.3, -0.25) is 4.79 Å².